The minimum atomic E-state index is -0.952. The summed E-state index contributed by atoms with van der Waals surface area (Å²) in [6.07, 6.45) is 4.54. The Morgan fingerprint density at radius 2 is 2.00 bits per heavy atom. The summed E-state index contributed by atoms with van der Waals surface area (Å²) in [7, 11) is 1.51. The zero-order valence-corrected chi connectivity index (χ0v) is 17.7. The fourth-order valence-corrected chi connectivity index (χ4v) is 3.54. The van der Waals surface area contributed by atoms with Gasteiger partial charge in [0.25, 0.3) is 5.91 Å². The summed E-state index contributed by atoms with van der Waals surface area (Å²) in [5.41, 5.74) is 3.79. The molecular formula is C22H25ClN2O4. The predicted octanol–water partition coefficient (Wildman–Crippen LogP) is 4.69. The second-order valence-corrected chi connectivity index (χ2v) is 7.59. The topological polar surface area (TPSA) is 69.6 Å². The molecule has 154 valence electrons. The molecule has 7 heteroatoms. The van der Waals surface area contributed by atoms with Gasteiger partial charge < -0.3 is 19.4 Å². The number of esters is 1. The Hall–Kier alpha value is -2.73. The number of halogens is 1. The molecule has 0 bridgehead atoms. The van der Waals surface area contributed by atoms with Gasteiger partial charge in [0.05, 0.1) is 12.1 Å². The van der Waals surface area contributed by atoms with Crippen LogP contribution in [0.1, 0.15) is 42.8 Å². The zero-order valence-electron chi connectivity index (χ0n) is 17.0. The third kappa shape index (κ3) is 5.01. The second-order valence-electron chi connectivity index (χ2n) is 7.18. The van der Waals surface area contributed by atoms with Crippen molar-refractivity contribution < 1.29 is 19.1 Å². The number of anilines is 1. The van der Waals surface area contributed by atoms with Crippen LogP contribution in [0.5, 0.6) is 5.75 Å². The molecule has 0 aliphatic heterocycles. The lowest BCUT2D eigenvalue weighted by Gasteiger charge is -2.13. The molecule has 2 aromatic rings. The minimum absolute atomic E-state index is 0.377. The molecule has 0 spiro atoms. The molecule has 1 atom stereocenters. The summed E-state index contributed by atoms with van der Waals surface area (Å²) in [6.45, 7) is 5.64. The number of nitrogens with zero attached hydrogens (tertiary/aromatic N) is 1. The number of ether oxygens (including phenoxy) is 2. The highest BCUT2D eigenvalue weighted by Crippen LogP contribution is 2.38. The van der Waals surface area contributed by atoms with E-state index in [1.807, 2.05) is 6.92 Å². The van der Waals surface area contributed by atoms with Gasteiger partial charge in [-0.2, -0.15) is 0 Å². The summed E-state index contributed by atoms with van der Waals surface area (Å²) < 4.78 is 12.6. The van der Waals surface area contributed by atoms with Crippen LogP contribution in [0, 0.1) is 13.8 Å². The Morgan fingerprint density at radius 3 is 2.62 bits per heavy atom. The van der Waals surface area contributed by atoms with Gasteiger partial charge in [-0.15, -0.1) is 0 Å². The number of aromatic nitrogens is 1. The fourth-order valence-electron chi connectivity index (χ4n) is 3.28. The van der Waals surface area contributed by atoms with Gasteiger partial charge in [0.2, 0.25) is 0 Å². The first kappa shape index (κ1) is 21.0. The number of amides is 1. The van der Waals surface area contributed by atoms with Crippen LogP contribution >= 0.6 is 11.6 Å². The molecule has 1 saturated carbocycles. The lowest BCUT2D eigenvalue weighted by Crippen LogP contribution is -2.29. The molecule has 0 radical (unpaired) electrons. The van der Waals surface area contributed by atoms with Crippen molar-refractivity contribution in [3.63, 3.8) is 0 Å². The van der Waals surface area contributed by atoms with Crippen molar-refractivity contribution in [2.24, 2.45) is 0 Å². The zero-order chi connectivity index (χ0) is 21.1. The Morgan fingerprint density at radius 1 is 1.28 bits per heavy atom. The molecule has 29 heavy (non-hydrogen) atoms. The normalized spacial score (nSPS) is 14.7. The van der Waals surface area contributed by atoms with Crippen LogP contribution in [0.15, 0.2) is 30.3 Å². The molecule has 0 saturated heterocycles. The smallest absolute Gasteiger partial charge is 0.331 e. The third-order valence-electron chi connectivity index (χ3n) is 4.92. The number of methoxy groups -OCH3 is 1. The van der Waals surface area contributed by atoms with E-state index in [0.29, 0.717) is 22.5 Å². The molecule has 1 N–H and O–H groups in total. The monoisotopic (exact) mass is 416 g/mol. The van der Waals surface area contributed by atoms with Crippen molar-refractivity contribution in [2.45, 2.75) is 45.8 Å². The number of carbonyl (C=O) groups is 2. The number of benzene rings is 1. The van der Waals surface area contributed by atoms with Gasteiger partial charge >= 0.3 is 5.97 Å². The van der Waals surface area contributed by atoms with Crippen molar-refractivity contribution >= 4 is 35.2 Å². The van der Waals surface area contributed by atoms with Crippen LogP contribution < -0.4 is 10.1 Å². The number of aryl methyl sites for hydroxylation is 1. The Bertz CT molecular complexity index is 960. The molecule has 3 rings (SSSR count). The molecule has 1 aliphatic rings. The minimum Gasteiger partial charge on any atom is -0.495 e. The van der Waals surface area contributed by atoms with Crippen molar-refractivity contribution in [2.75, 3.05) is 12.4 Å². The first-order valence-electron chi connectivity index (χ1n) is 9.51. The number of rotatable bonds is 7. The lowest BCUT2D eigenvalue weighted by molar-refractivity contribution is -0.148. The number of carbonyl (C=O) groups excluding carboxylic acids is 2. The van der Waals surface area contributed by atoms with Crippen LogP contribution in [0.2, 0.25) is 5.02 Å². The van der Waals surface area contributed by atoms with E-state index >= 15 is 0 Å². The highest BCUT2D eigenvalue weighted by atomic mass is 35.5. The van der Waals surface area contributed by atoms with Gasteiger partial charge in [-0.25, -0.2) is 4.79 Å². The van der Waals surface area contributed by atoms with Crippen molar-refractivity contribution in [1.29, 1.82) is 0 Å². The van der Waals surface area contributed by atoms with E-state index in [1.165, 1.54) is 38.6 Å². The lowest BCUT2D eigenvalue weighted by atomic mass is 10.2. The van der Waals surface area contributed by atoms with Gasteiger partial charge in [-0.3, -0.25) is 4.79 Å². The molecule has 6 nitrogen and oxygen atoms in total. The molecule has 1 heterocycles. The van der Waals surface area contributed by atoms with E-state index in [1.54, 1.807) is 24.3 Å². The number of hydrogen-bond acceptors (Lipinski definition) is 4. The second kappa shape index (κ2) is 8.74. The molecule has 1 amide bonds. The van der Waals surface area contributed by atoms with Crippen LogP contribution in [0.25, 0.3) is 6.08 Å². The maximum Gasteiger partial charge on any atom is 0.331 e. The van der Waals surface area contributed by atoms with Crippen LogP contribution in [-0.4, -0.2) is 29.7 Å². The third-order valence-corrected chi connectivity index (χ3v) is 5.21. The van der Waals surface area contributed by atoms with Crippen molar-refractivity contribution in [3.05, 3.63) is 52.3 Å². The average molecular weight is 417 g/mol. The van der Waals surface area contributed by atoms with E-state index in [-0.39, 0.29) is 0 Å². The van der Waals surface area contributed by atoms with Gasteiger partial charge in [0, 0.05) is 29.2 Å². The highest BCUT2D eigenvalue weighted by Gasteiger charge is 2.26. The maximum atomic E-state index is 12.3. The summed E-state index contributed by atoms with van der Waals surface area (Å²) in [4.78, 5) is 24.4. The largest absolute Gasteiger partial charge is 0.495 e. The SMILES string of the molecule is COc1ccc(NC(=O)[C@@H](C)OC(=O)/C=C/c2cc(C)n(C3CC3)c2C)cc1Cl. The van der Waals surface area contributed by atoms with Gasteiger partial charge in [-0.1, -0.05) is 11.6 Å². The van der Waals surface area contributed by atoms with Gasteiger partial charge in [0.1, 0.15) is 5.75 Å². The van der Waals surface area contributed by atoms with Gasteiger partial charge in [0.15, 0.2) is 6.10 Å². The molecule has 1 aliphatic carbocycles. The maximum absolute atomic E-state index is 12.3. The summed E-state index contributed by atoms with van der Waals surface area (Å²) in [6, 6.07) is 7.52. The van der Waals surface area contributed by atoms with E-state index in [2.05, 4.69) is 22.9 Å². The Balaban J connectivity index is 1.57. The van der Waals surface area contributed by atoms with Crippen LogP contribution in [0.3, 0.4) is 0 Å². The van der Waals surface area contributed by atoms with E-state index in [0.717, 1.165) is 11.3 Å². The summed E-state index contributed by atoms with van der Waals surface area (Å²) >= 11 is 6.05. The highest BCUT2D eigenvalue weighted by molar-refractivity contribution is 6.32. The average Bonchev–Trinajstić information content (AvgIpc) is 3.45. The summed E-state index contributed by atoms with van der Waals surface area (Å²) in [5, 5.41) is 3.05. The number of nitrogens with one attached hydrogen (secondary N) is 1. The van der Waals surface area contributed by atoms with Crippen molar-refractivity contribution in [3.8, 4) is 5.75 Å². The molecule has 1 aromatic carbocycles. The van der Waals surface area contributed by atoms with Crippen LogP contribution in [0.4, 0.5) is 5.69 Å². The first-order chi connectivity index (χ1) is 13.8. The van der Waals surface area contributed by atoms with Gasteiger partial charge in [-0.05, 0) is 69.5 Å². The molecule has 1 fully saturated rings. The van der Waals surface area contributed by atoms with Crippen molar-refractivity contribution in [1.82, 2.24) is 4.57 Å². The Kier molecular flexibility index (Phi) is 6.33. The van der Waals surface area contributed by atoms with E-state index < -0.39 is 18.0 Å². The molecule has 0 unspecified atom stereocenters. The standard InChI is InChI=1S/C22H25ClN2O4/c1-13-11-16(14(2)25(13)18-7-8-18)5-10-21(26)29-15(3)22(27)24-17-6-9-20(28-4)19(23)12-17/h5-6,9-12,15,18H,7-8H2,1-4H3,(H,24,27)/b10-5+/t15-/m1/s1. The Labute approximate surface area is 175 Å². The summed E-state index contributed by atoms with van der Waals surface area (Å²) in [5.74, 6) is -0.508. The van der Waals surface area contributed by atoms with E-state index in [4.69, 9.17) is 21.1 Å². The number of hydrogen-bond donors (Lipinski definition) is 1. The quantitative estimate of drug-likeness (QED) is 0.525. The molecule has 1 aromatic heterocycles. The molecular weight excluding hydrogens is 392 g/mol. The predicted molar refractivity (Wildman–Crippen MR) is 113 cm³/mol. The van der Waals surface area contributed by atoms with Crippen LogP contribution in [-0.2, 0) is 14.3 Å². The first-order valence-corrected chi connectivity index (χ1v) is 9.89. The fraction of sp³-hybridized carbons (Fsp3) is 0.364. The van der Waals surface area contributed by atoms with E-state index in [9.17, 15) is 9.59 Å².